The molecule has 0 amide bonds. The summed E-state index contributed by atoms with van der Waals surface area (Å²) in [5.41, 5.74) is 0.559. The Kier molecular flexibility index (Phi) is 3.57. The van der Waals surface area contributed by atoms with Crippen molar-refractivity contribution in [1.82, 2.24) is 0 Å². The van der Waals surface area contributed by atoms with Crippen molar-refractivity contribution in [3.63, 3.8) is 0 Å². The molecule has 1 aliphatic carbocycles. The molecule has 16 heavy (non-hydrogen) atoms. The molecule has 1 unspecified atom stereocenters. The highest BCUT2D eigenvalue weighted by molar-refractivity contribution is 5.29. The van der Waals surface area contributed by atoms with Gasteiger partial charge in [-0.1, -0.05) is 12.1 Å². The van der Waals surface area contributed by atoms with E-state index in [9.17, 15) is 4.39 Å². The molecule has 1 aliphatic rings. The smallest absolute Gasteiger partial charge is 0.165 e. The number of ether oxygens (including phenoxy) is 1. The molecule has 2 rings (SSSR count). The van der Waals surface area contributed by atoms with E-state index in [1.165, 1.54) is 6.07 Å². The lowest BCUT2D eigenvalue weighted by molar-refractivity contribution is 0.219. The molecule has 86 valence electrons. The molecule has 3 heteroatoms. The minimum Gasteiger partial charge on any atom is -0.483 e. The van der Waals surface area contributed by atoms with Crippen molar-refractivity contribution in [3.05, 3.63) is 41.7 Å². The fourth-order valence-corrected chi connectivity index (χ4v) is 1.78. The standard InChI is InChI=1S/C13H15FO2/c14-12-8-10(9-15)6-7-13(12)16-11-4-2-1-3-5-11/h2,4,6-8,11,15H,1,3,5,9H2. The van der Waals surface area contributed by atoms with E-state index < -0.39 is 5.82 Å². The van der Waals surface area contributed by atoms with Crippen molar-refractivity contribution < 1.29 is 14.2 Å². The van der Waals surface area contributed by atoms with Crippen LogP contribution in [0.2, 0.25) is 0 Å². The maximum Gasteiger partial charge on any atom is 0.165 e. The highest BCUT2D eigenvalue weighted by Crippen LogP contribution is 2.23. The summed E-state index contributed by atoms with van der Waals surface area (Å²) in [6, 6.07) is 4.55. The van der Waals surface area contributed by atoms with Crippen molar-refractivity contribution in [2.24, 2.45) is 0 Å². The van der Waals surface area contributed by atoms with Crippen molar-refractivity contribution in [2.45, 2.75) is 32.0 Å². The van der Waals surface area contributed by atoms with Crippen molar-refractivity contribution >= 4 is 0 Å². The van der Waals surface area contributed by atoms with Crippen LogP contribution in [0.3, 0.4) is 0 Å². The van der Waals surface area contributed by atoms with Gasteiger partial charge in [-0.15, -0.1) is 0 Å². The maximum atomic E-state index is 13.5. The molecule has 2 nitrogen and oxygen atoms in total. The fraction of sp³-hybridized carbons (Fsp3) is 0.385. The molecule has 0 radical (unpaired) electrons. The Morgan fingerprint density at radius 1 is 1.44 bits per heavy atom. The van der Waals surface area contributed by atoms with E-state index in [2.05, 4.69) is 6.08 Å². The lowest BCUT2D eigenvalue weighted by Crippen LogP contribution is -2.16. The van der Waals surface area contributed by atoms with Crippen LogP contribution in [0.25, 0.3) is 0 Å². The Balaban J connectivity index is 2.09. The highest BCUT2D eigenvalue weighted by Gasteiger charge is 2.12. The zero-order valence-electron chi connectivity index (χ0n) is 9.03. The zero-order chi connectivity index (χ0) is 11.4. The quantitative estimate of drug-likeness (QED) is 0.797. The number of allylic oxidation sites excluding steroid dienone is 1. The number of halogens is 1. The summed E-state index contributed by atoms with van der Waals surface area (Å²) in [7, 11) is 0. The molecule has 0 spiro atoms. The Bertz CT molecular complexity index is 388. The molecule has 1 N–H and O–H groups in total. The van der Waals surface area contributed by atoms with E-state index in [0.717, 1.165) is 19.3 Å². The second kappa shape index (κ2) is 5.12. The van der Waals surface area contributed by atoms with Crippen molar-refractivity contribution in [2.75, 3.05) is 0 Å². The van der Waals surface area contributed by atoms with Crippen LogP contribution in [-0.2, 0) is 6.61 Å². The van der Waals surface area contributed by atoms with Gasteiger partial charge in [0.05, 0.1) is 6.61 Å². The van der Waals surface area contributed by atoms with E-state index in [1.807, 2.05) is 6.08 Å². The average molecular weight is 222 g/mol. The van der Waals surface area contributed by atoms with Gasteiger partial charge in [0.25, 0.3) is 0 Å². The van der Waals surface area contributed by atoms with E-state index >= 15 is 0 Å². The summed E-state index contributed by atoms with van der Waals surface area (Å²) in [5.74, 6) is -0.153. The molecule has 0 saturated heterocycles. The average Bonchev–Trinajstić information content (AvgIpc) is 2.33. The summed E-state index contributed by atoms with van der Waals surface area (Å²) in [6.07, 6.45) is 7.10. The number of rotatable bonds is 3. The lowest BCUT2D eigenvalue weighted by Gasteiger charge is -2.18. The first-order valence-corrected chi connectivity index (χ1v) is 5.52. The number of aliphatic hydroxyl groups is 1. The molecule has 0 heterocycles. The predicted octanol–water partition coefficient (Wildman–Crippen LogP) is 2.81. The number of hydrogen-bond donors (Lipinski definition) is 1. The van der Waals surface area contributed by atoms with Crippen LogP contribution >= 0.6 is 0 Å². The molecule has 1 atom stereocenters. The maximum absolute atomic E-state index is 13.5. The van der Waals surface area contributed by atoms with E-state index in [0.29, 0.717) is 5.56 Å². The molecule has 0 bridgehead atoms. The Labute approximate surface area is 94.4 Å². The second-order valence-corrected chi connectivity index (χ2v) is 3.94. The number of benzene rings is 1. The SMILES string of the molecule is OCc1ccc(OC2C=CCCC2)c(F)c1. The van der Waals surface area contributed by atoms with Gasteiger partial charge in [-0.3, -0.25) is 0 Å². The van der Waals surface area contributed by atoms with Crippen LogP contribution in [0, 0.1) is 5.82 Å². The first-order chi connectivity index (χ1) is 7.79. The van der Waals surface area contributed by atoms with Gasteiger partial charge in [0, 0.05) is 0 Å². The highest BCUT2D eigenvalue weighted by atomic mass is 19.1. The summed E-state index contributed by atoms with van der Waals surface area (Å²) in [5, 5.41) is 8.86. The Morgan fingerprint density at radius 3 is 2.94 bits per heavy atom. The van der Waals surface area contributed by atoms with Crippen LogP contribution in [0.4, 0.5) is 4.39 Å². The minimum absolute atomic E-state index is 0.0248. The van der Waals surface area contributed by atoms with Crippen LogP contribution in [0.15, 0.2) is 30.4 Å². The first kappa shape index (κ1) is 11.1. The fourth-order valence-electron chi connectivity index (χ4n) is 1.78. The Morgan fingerprint density at radius 2 is 2.31 bits per heavy atom. The normalized spacial score (nSPS) is 19.8. The van der Waals surface area contributed by atoms with Crippen LogP contribution in [-0.4, -0.2) is 11.2 Å². The van der Waals surface area contributed by atoms with Crippen LogP contribution in [0.1, 0.15) is 24.8 Å². The van der Waals surface area contributed by atoms with Gasteiger partial charge < -0.3 is 9.84 Å². The van der Waals surface area contributed by atoms with E-state index in [1.54, 1.807) is 12.1 Å². The summed E-state index contributed by atoms with van der Waals surface area (Å²) >= 11 is 0. The van der Waals surface area contributed by atoms with Gasteiger partial charge in [-0.2, -0.15) is 0 Å². The minimum atomic E-state index is -0.412. The zero-order valence-corrected chi connectivity index (χ0v) is 9.03. The molecule has 0 saturated carbocycles. The van der Waals surface area contributed by atoms with E-state index in [4.69, 9.17) is 9.84 Å². The van der Waals surface area contributed by atoms with Gasteiger partial charge in [0.15, 0.2) is 11.6 Å². The third-order valence-corrected chi connectivity index (χ3v) is 2.67. The van der Waals surface area contributed by atoms with Gasteiger partial charge in [-0.05, 0) is 43.0 Å². The largest absolute Gasteiger partial charge is 0.483 e. The monoisotopic (exact) mass is 222 g/mol. The van der Waals surface area contributed by atoms with Gasteiger partial charge in [0.2, 0.25) is 0 Å². The summed E-state index contributed by atoms with van der Waals surface area (Å²) < 4.78 is 19.1. The topological polar surface area (TPSA) is 29.5 Å². The van der Waals surface area contributed by atoms with E-state index in [-0.39, 0.29) is 18.5 Å². The molecule has 0 fully saturated rings. The third kappa shape index (κ3) is 2.61. The van der Waals surface area contributed by atoms with Gasteiger partial charge in [0.1, 0.15) is 6.10 Å². The van der Waals surface area contributed by atoms with Gasteiger partial charge in [-0.25, -0.2) is 4.39 Å². The second-order valence-electron chi connectivity index (χ2n) is 3.94. The Hall–Kier alpha value is -1.35. The van der Waals surface area contributed by atoms with Crippen molar-refractivity contribution in [3.8, 4) is 5.75 Å². The summed E-state index contributed by atoms with van der Waals surface area (Å²) in [4.78, 5) is 0. The lowest BCUT2D eigenvalue weighted by atomic mass is 10.1. The molecule has 1 aromatic rings. The summed E-state index contributed by atoms with van der Waals surface area (Å²) in [6.45, 7) is -0.152. The van der Waals surface area contributed by atoms with Crippen LogP contribution in [0.5, 0.6) is 5.75 Å². The molecular weight excluding hydrogens is 207 g/mol. The van der Waals surface area contributed by atoms with Crippen molar-refractivity contribution in [1.29, 1.82) is 0 Å². The third-order valence-electron chi connectivity index (χ3n) is 2.67. The predicted molar refractivity (Wildman–Crippen MR) is 59.7 cm³/mol. The van der Waals surface area contributed by atoms with Crippen LogP contribution < -0.4 is 4.74 Å². The number of hydrogen-bond acceptors (Lipinski definition) is 2. The molecule has 0 aromatic heterocycles. The molecule has 1 aromatic carbocycles. The van der Waals surface area contributed by atoms with Gasteiger partial charge >= 0.3 is 0 Å². The first-order valence-electron chi connectivity index (χ1n) is 5.52. The molecular formula is C13H15FO2. The molecule has 0 aliphatic heterocycles. The number of aliphatic hydroxyl groups excluding tert-OH is 1.